The standard InChI is InChI=1S/C21H34N4O3S/c1-25-13-14-29-21(25)24-23-20(28)18(26)17(15-9-7-4-8-10-15)22-19(27)16-11-5-2-3-6-12-16/h15-17H,2-14H2,1H3,(H,22,27)(H,23,28)/t17-/m0/s1. The highest BCUT2D eigenvalue weighted by atomic mass is 32.2. The SMILES string of the molecule is CN1CCSC1=NNC(=O)C(=O)[C@@H](NC(=O)C1CCCCCC1)C1CCCCC1. The zero-order valence-electron chi connectivity index (χ0n) is 17.5. The fraction of sp³-hybridized carbons (Fsp3) is 0.810. The van der Waals surface area contributed by atoms with Crippen molar-refractivity contribution in [1.82, 2.24) is 15.6 Å². The van der Waals surface area contributed by atoms with E-state index in [9.17, 15) is 14.4 Å². The lowest BCUT2D eigenvalue weighted by Gasteiger charge is -2.30. The molecule has 2 N–H and O–H groups in total. The van der Waals surface area contributed by atoms with E-state index < -0.39 is 17.7 Å². The first-order valence-electron chi connectivity index (χ1n) is 11.1. The number of rotatable bonds is 6. The van der Waals surface area contributed by atoms with Crippen molar-refractivity contribution in [2.75, 3.05) is 19.3 Å². The molecule has 1 atom stereocenters. The number of hydrogen-bond acceptors (Lipinski definition) is 5. The summed E-state index contributed by atoms with van der Waals surface area (Å²) < 4.78 is 0. The second-order valence-corrected chi connectivity index (χ2v) is 9.60. The lowest BCUT2D eigenvalue weighted by molar-refractivity contribution is -0.141. The molecule has 0 radical (unpaired) electrons. The van der Waals surface area contributed by atoms with Gasteiger partial charge < -0.3 is 10.2 Å². The van der Waals surface area contributed by atoms with E-state index in [1.807, 2.05) is 11.9 Å². The normalized spacial score (nSPS) is 24.2. The fourth-order valence-electron chi connectivity index (χ4n) is 4.57. The van der Waals surface area contributed by atoms with Crippen molar-refractivity contribution < 1.29 is 14.4 Å². The van der Waals surface area contributed by atoms with E-state index in [-0.39, 0.29) is 17.7 Å². The topological polar surface area (TPSA) is 90.9 Å². The second-order valence-electron chi connectivity index (χ2n) is 8.54. The molecule has 0 unspecified atom stereocenters. The lowest BCUT2D eigenvalue weighted by Crippen LogP contribution is -2.52. The largest absolute Gasteiger partial charge is 0.352 e. The molecule has 29 heavy (non-hydrogen) atoms. The van der Waals surface area contributed by atoms with E-state index >= 15 is 0 Å². The third kappa shape index (κ3) is 6.20. The van der Waals surface area contributed by atoms with E-state index in [1.165, 1.54) is 12.8 Å². The van der Waals surface area contributed by atoms with Gasteiger partial charge in [-0.3, -0.25) is 14.4 Å². The maximum atomic E-state index is 13.0. The first-order valence-corrected chi connectivity index (χ1v) is 12.1. The molecule has 1 heterocycles. The average molecular weight is 423 g/mol. The van der Waals surface area contributed by atoms with Crippen LogP contribution in [0.5, 0.6) is 0 Å². The highest BCUT2D eigenvalue weighted by molar-refractivity contribution is 8.14. The Morgan fingerprint density at radius 2 is 1.62 bits per heavy atom. The van der Waals surface area contributed by atoms with Crippen LogP contribution in [0, 0.1) is 11.8 Å². The Morgan fingerprint density at radius 1 is 1.00 bits per heavy atom. The molecule has 0 bridgehead atoms. The molecule has 8 heteroatoms. The molecule has 1 aliphatic heterocycles. The molecule has 1 saturated heterocycles. The summed E-state index contributed by atoms with van der Waals surface area (Å²) in [6.45, 7) is 0.870. The zero-order chi connectivity index (χ0) is 20.6. The summed E-state index contributed by atoms with van der Waals surface area (Å²) in [6, 6.07) is -0.736. The summed E-state index contributed by atoms with van der Waals surface area (Å²) in [7, 11) is 1.91. The lowest BCUT2D eigenvalue weighted by atomic mass is 9.81. The van der Waals surface area contributed by atoms with Crippen LogP contribution in [-0.4, -0.2) is 53.1 Å². The van der Waals surface area contributed by atoms with Crippen LogP contribution >= 0.6 is 11.8 Å². The number of Topliss-reactive ketones (excluding diaryl/α,β-unsaturated/α-hetero) is 1. The van der Waals surface area contributed by atoms with Gasteiger partial charge in [0, 0.05) is 25.3 Å². The molecule has 3 rings (SSSR count). The van der Waals surface area contributed by atoms with Crippen molar-refractivity contribution >= 4 is 34.5 Å². The zero-order valence-corrected chi connectivity index (χ0v) is 18.3. The van der Waals surface area contributed by atoms with Gasteiger partial charge in [0.25, 0.3) is 0 Å². The number of hydrogen-bond donors (Lipinski definition) is 2. The molecule has 2 amide bonds. The maximum Gasteiger partial charge on any atom is 0.309 e. The van der Waals surface area contributed by atoms with Gasteiger partial charge in [0.1, 0.15) is 6.04 Å². The molecular formula is C21H34N4O3S. The van der Waals surface area contributed by atoms with Crippen molar-refractivity contribution in [3.05, 3.63) is 0 Å². The van der Waals surface area contributed by atoms with E-state index in [4.69, 9.17) is 0 Å². The van der Waals surface area contributed by atoms with Gasteiger partial charge in [0.2, 0.25) is 11.7 Å². The monoisotopic (exact) mass is 422 g/mol. The van der Waals surface area contributed by atoms with Gasteiger partial charge in [-0.2, -0.15) is 0 Å². The number of carbonyl (C=O) groups excluding carboxylic acids is 3. The summed E-state index contributed by atoms with van der Waals surface area (Å²) in [6.07, 6.45) is 11.2. The number of nitrogens with one attached hydrogen (secondary N) is 2. The number of nitrogens with zero attached hydrogens (tertiary/aromatic N) is 2. The van der Waals surface area contributed by atoms with Crippen LogP contribution in [0.15, 0.2) is 5.10 Å². The molecular weight excluding hydrogens is 388 g/mol. The fourth-order valence-corrected chi connectivity index (χ4v) is 5.54. The van der Waals surface area contributed by atoms with Crippen molar-refractivity contribution in [2.24, 2.45) is 16.9 Å². The Bertz CT molecular complexity index is 625. The van der Waals surface area contributed by atoms with Crippen LogP contribution in [0.1, 0.15) is 70.6 Å². The molecule has 3 fully saturated rings. The molecule has 0 aromatic carbocycles. The van der Waals surface area contributed by atoms with Crippen molar-refractivity contribution in [1.29, 1.82) is 0 Å². The van der Waals surface area contributed by atoms with Crippen LogP contribution in [0.4, 0.5) is 0 Å². The first kappa shape index (κ1) is 22.1. The third-order valence-corrected chi connectivity index (χ3v) is 7.44. The Labute approximate surface area is 177 Å². The Morgan fingerprint density at radius 3 is 2.24 bits per heavy atom. The van der Waals surface area contributed by atoms with Gasteiger partial charge in [0.15, 0.2) is 5.17 Å². The second kappa shape index (κ2) is 11.0. The van der Waals surface area contributed by atoms with Gasteiger partial charge in [-0.1, -0.05) is 56.7 Å². The number of thioether (sulfide) groups is 1. The van der Waals surface area contributed by atoms with E-state index in [2.05, 4.69) is 15.8 Å². The summed E-state index contributed by atoms with van der Waals surface area (Å²) in [4.78, 5) is 40.4. The molecule has 7 nitrogen and oxygen atoms in total. The van der Waals surface area contributed by atoms with Crippen molar-refractivity contribution in [3.63, 3.8) is 0 Å². The smallest absolute Gasteiger partial charge is 0.309 e. The quantitative estimate of drug-likeness (QED) is 0.390. The van der Waals surface area contributed by atoms with Gasteiger partial charge in [0.05, 0.1) is 0 Å². The maximum absolute atomic E-state index is 13.0. The predicted octanol–water partition coefficient (Wildman–Crippen LogP) is 2.66. The number of amides is 2. The van der Waals surface area contributed by atoms with Crippen LogP contribution in [0.2, 0.25) is 0 Å². The number of ketones is 1. The third-order valence-electron chi connectivity index (χ3n) is 6.39. The summed E-state index contributed by atoms with van der Waals surface area (Å²) in [5, 5.41) is 7.81. The summed E-state index contributed by atoms with van der Waals surface area (Å²) in [5.74, 6) is -0.428. The first-order chi connectivity index (χ1) is 14.1. The highest BCUT2D eigenvalue weighted by Crippen LogP contribution is 2.28. The van der Waals surface area contributed by atoms with Gasteiger partial charge in [-0.05, 0) is 31.6 Å². The molecule has 162 valence electrons. The summed E-state index contributed by atoms with van der Waals surface area (Å²) in [5.41, 5.74) is 2.42. The minimum atomic E-state index is -0.736. The Balaban J connectivity index is 1.65. The highest BCUT2D eigenvalue weighted by Gasteiger charge is 2.36. The van der Waals surface area contributed by atoms with E-state index in [0.717, 1.165) is 70.1 Å². The minimum absolute atomic E-state index is 0.0351. The number of hydrazone groups is 1. The molecule has 0 spiro atoms. The van der Waals surface area contributed by atoms with Crippen LogP contribution < -0.4 is 10.7 Å². The minimum Gasteiger partial charge on any atom is -0.352 e. The average Bonchev–Trinajstić information content (AvgIpc) is 2.97. The Hall–Kier alpha value is -1.57. The van der Waals surface area contributed by atoms with Crippen LogP contribution in [-0.2, 0) is 14.4 Å². The van der Waals surface area contributed by atoms with Crippen LogP contribution in [0.25, 0.3) is 0 Å². The number of carbonyl (C=O) groups is 3. The molecule has 2 saturated carbocycles. The predicted molar refractivity (Wildman–Crippen MR) is 115 cm³/mol. The molecule has 0 aromatic heterocycles. The van der Waals surface area contributed by atoms with Gasteiger partial charge >= 0.3 is 5.91 Å². The van der Waals surface area contributed by atoms with Crippen molar-refractivity contribution in [3.8, 4) is 0 Å². The molecule has 3 aliphatic rings. The summed E-state index contributed by atoms with van der Waals surface area (Å²) >= 11 is 1.55. The number of amidine groups is 1. The van der Waals surface area contributed by atoms with E-state index in [1.54, 1.807) is 11.8 Å². The van der Waals surface area contributed by atoms with Gasteiger partial charge in [-0.25, -0.2) is 5.43 Å². The van der Waals surface area contributed by atoms with Crippen molar-refractivity contribution in [2.45, 2.75) is 76.7 Å². The molecule has 2 aliphatic carbocycles. The molecule has 0 aromatic rings. The van der Waals surface area contributed by atoms with E-state index in [0.29, 0.717) is 5.17 Å². The van der Waals surface area contributed by atoms with Crippen LogP contribution in [0.3, 0.4) is 0 Å². The van der Waals surface area contributed by atoms with Gasteiger partial charge in [-0.15, -0.1) is 5.10 Å². The Kier molecular flexibility index (Phi) is 8.39.